The van der Waals surface area contributed by atoms with Gasteiger partial charge in [0.15, 0.2) is 0 Å². The van der Waals surface area contributed by atoms with Crippen LogP contribution in [0.25, 0.3) is 0 Å². The Morgan fingerprint density at radius 3 is 2.11 bits per heavy atom. The quantitative estimate of drug-likeness (QED) is 0.378. The van der Waals surface area contributed by atoms with Crippen molar-refractivity contribution in [2.75, 3.05) is 17.4 Å². The van der Waals surface area contributed by atoms with Crippen molar-refractivity contribution in [2.24, 2.45) is 0 Å². The van der Waals surface area contributed by atoms with Crippen LogP contribution < -0.4 is 9.62 Å². The number of likely N-dealkylation sites (N-methyl/N-ethyl adjacent to an activating group) is 1. The average Bonchev–Trinajstić information content (AvgIpc) is 2.89. The fourth-order valence-corrected chi connectivity index (χ4v) is 5.52. The van der Waals surface area contributed by atoms with E-state index in [1.54, 1.807) is 42.5 Å². The van der Waals surface area contributed by atoms with Gasteiger partial charge in [0.1, 0.15) is 12.6 Å². The molecule has 0 aromatic heterocycles. The van der Waals surface area contributed by atoms with Gasteiger partial charge in [0, 0.05) is 18.1 Å². The van der Waals surface area contributed by atoms with Crippen LogP contribution >= 0.6 is 11.6 Å². The first-order valence-electron chi connectivity index (χ1n) is 12.1. The lowest BCUT2D eigenvalue weighted by Crippen LogP contribution is -2.52. The highest BCUT2D eigenvalue weighted by Gasteiger charge is 2.33. The van der Waals surface area contributed by atoms with Gasteiger partial charge in [-0.1, -0.05) is 66.6 Å². The van der Waals surface area contributed by atoms with Crippen LogP contribution in [0.2, 0.25) is 5.02 Å². The Hall–Kier alpha value is -3.36. The van der Waals surface area contributed by atoms with E-state index < -0.39 is 28.5 Å². The van der Waals surface area contributed by atoms with Gasteiger partial charge >= 0.3 is 0 Å². The molecule has 0 radical (unpaired) electrons. The van der Waals surface area contributed by atoms with Crippen molar-refractivity contribution in [3.8, 4) is 0 Å². The number of halogens is 1. The molecule has 0 aliphatic heterocycles. The largest absolute Gasteiger partial charge is 0.355 e. The van der Waals surface area contributed by atoms with Crippen molar-refractivity contribution >= 4 is 39.1 Å². The van der Waals surface area contributed by atoms with Gasteiger partial charge in [0.25, 0.3) is 10.0 Å². The third-order valence-electron chi connectivity index (χ3n) is 5.94. The first kappa shape index (κ1) is 28.2. The number of rotatable bonds is 11. The zero-order chi connectivity index (χ0) is 27.0. The van der Waals surface area contributed by atoms with E-state index in [1.165, 1.54) is 17.0 Å². The SMILES string of the molecule is CCNC(=O)[C@@H](CC)N(Cc1ccc(C)cc1)C(=O)CN(c1ccc(Cl)cc1)S(=O)(=O)c1ccccc1. The Morgan fingerprint density at radius 2 is 1.54 bits per heavy atom. The Labute approximate surface area is 224 Å². The molecule has 0 unspecified atom stereocenters. The minimum Gasteiger partial charge on any atom is -0.355 e. The summed E-state index contributed by atoms with van der Waals surface area (Å²) in [6.45, 7) is 5.70. The number of amides is 2. The van der Waals surface area contributed by atoms with Crippen LogP contribution in [-0.2, 0) is 26.2 Å². The van der Waals surface area contributed by atoms with E-state index in [-0.39, 0.29) is 17.3 Å². The third-order valence-corrected chi connectivity index (χ3v) is 7.98. The Bertz CT molecular complexity index is 1300. The summed E-state index contributed by atoms with van der Waals surface area (Å²) < 4.78 is 28.4. The predicted molar refractivity (Wildman–Crippen MR) is 147 cm³/mol. The van der Waals surface area contributed by atoms with Crippen LogP contribution in [0.3, 0.4) is 0 Å². The Kier molecular flexibility index (Phi) is 9.72. The van der Waals surface area contributed by atoms with E-state index in [4.69, 9.17) is 11.6 Å². The number of nitrogens with one attached hydrogen (secondary N) is 1. The molecule has 0 fully saturated rings. The lowest BCUT2D eigenvalue weighted by molar-refractivity contribution is -0.140. The summed E-state index contributed by atoms with van der Waals surface area (Å²) in [5.74, 6) is -0.775. The first-order chi connectivity index (χ1) is 17.7. The fraction of sp³-hybridized carbons (Fsp3) is 0.286. The summed E-state index contributed by atoms with van der Waals surface area (Å²) in [5, 5.41) is 3.23. The molecule has 3 aromatic rings. The summed E-state index contributed by atoms with van der Waals surface area (Å²) in [7, 11) is -4.09. The lowest BCUT2D eigenvalue weighted by Gasteiger charge is -2.33. The molecule has 7 nitrogen and oxygen atoms in total. The minimum absolute atomic E-state index is 0.0543. The Morgan fingerprint density at radius 1 is 0.919 bits per heavy atom. The third kappa shape index (κ3) is 7.11. The number of hydrogen-bond acceptors (Lipinski definition) is 4. The van der Waals surface area contributed by atoms with E-state index in [0.29, 0.717) is 23.7 Å². The van der Waals surface area contributed by atoms with E-state index >= 15 is 0 Å². The Balaban J connectivity index is 2.03. The highest BCUT2D eigenvalue weighted by atomic mass is 35.5. The maximum Gasteiger partial charge on any atom is 0.264 e. The normalized spacial score (nSPS) is 12.0. The molecular weight excluding hydrogens is 510 g/mol. The highest BCUT2D eigenvalue weighted by Crippen LogP contribution is 2.26. The summed E-state index contributed by atoms with van der Waals surface area (Å²) >= 11 is 6.04. The minimum atomic E-state index is -4.09. The van der Waals surface area contributed by atoms with Crippen LogP contribution in [0.1, 0.15) is 31.4 Å². The van der Waals surface area contributed by atoms with Gasteiger partial charge in [-0.3, -0.25) is 13.9 Å². The maximum absolute atomic E-state index is 13.9. The van der Waals surface area contributed by atoms with Crippen LogP contribution in [0.5, 0.6) is 0 Å². The zero-order valence-electron chi connectivity index (χ0n) is 21.2. The molecule has 3 aromatic carbocycles. The number of sulfonamides is 1. The number of hydrogen-bond donors (Lipinski definition) is 1. The van der Waals surface area contributed by atoms with E-state index in [0.717, 1.165) is 15.4 Å². The summed E-state index contributed by atoms with van der Waals surface area (Å²) in [4.78, 5) is 28.3. The fourth-order valence-electron chi connectivity index (χ4n) is 3.96. The van der Waals surface area contributed by atoms with E-state index in [9.17, 15) is 18.0 Å². The standard InChI is InChI=1S/C28H32ClN3O4S/c1-4-26(28(34)30-5-2)31(19-22-13-11-21(3)12-14-22)27(33)20-32(24-17-15-23(29)16-18-24)37(35,36)25-9-7-6-8-10-25/h6-18,26H,4-5,19-20H2,1-3H3,(H,30,34)/t26-/m1/s1. The van der Waals surface area contributed by atoms with Crippen LogP contribution in [0, 0.1) is 6.92 Å². The van der Waals surface area contributed by atoms with Crippen molar-refractivity contribution in [1.29, 1.82) is 0 Å². The molecule has 1 N–H and O–H groups in total. The molecular formula is C28H32ClN3O4S. The predicted octanol–water partition coefficient (Wildman–Crippen LogP) is 4.79. The van der Waals surface area contributed by atoms with Crippen molar-refractivity contribution in [1.82, 2.24) is 10.2 Å². The van der Waals surface area contributed by atoms with Gasteiger partial charge in [-0.2, -0.15) is 0 Å². The van der Waals surface area contributed by atoms with Gasteiger partial charge in [-0.25, -0.2) is 8.42 Å². The molecule has 3 rings (SSSR count). The lowest BCUT2D eigenvalue weighted by atomic mass is 10.1. The van der Waals surface area contributed by atoms with Crippen LogP contribution in [-0.4, -0.2) is 44.3 Å². The summed E-state index contributed by atoms with van der Waals surface area (Å²) in [6.07, 6.45) is 0.371. The number of aryl methyl sites for hydroxylation is 1. The molecule has 0 heterocycles. The summed E-state index contributed by atoms with van der Waals surface area (Å²) in [6, 6.07) is 21.1. The molecule has 0 saturated heterocycles. The average molecular weight is 542 g/mol. The molecule has 37 heavy (non-hydrogen) atoms. The molecule has 0 spiro atoms. The topological polar surface area (TPSA) is 86.8 Å². The van der Waals surface area contributed by atoms with Crippen molar-refractivity contribution < 1.29 is 18.0 Å². The first-order valence-corrected chi connectivity index (χ1v) is 13.9. The number of carbonyl (C=O) groups is 2. The summed E-state index contributed by atoms with van der Waals surface area (Å²) in [5.41, 5.74) is 2.20. The molecule has 1 atom stereocenters. The second kappa shape index (κ2) is 12.7. The molecule has 0 bridgehead atoms. The van der Waals surface area contributed by atoms with Crippen molar-refractivity contribution in [3.05, 3.63) is 95.0 Å². The van der Waals surface area contributed by atoms with Gasteiger partial charge < -0.3 is 10.2 Å². The van der Waals surface area contributed by atoms with E-state index in [2.05, 4.69) is 5.32 Å². The number of nitrogens with zero attached hydrogens (tertiary/aromatic N) is 2. The molecule has 196 valence electrons. The number of anilines is 1. The van der Waals surface area contributed by atoms with Crippen molar-refractivity contribution in [2.45, 2.75) is 44.7 Å². The van der Waals surface area contributed by atoms with Gasteiger partial charge in [-0.15, -0.1) is 0 Å². The van der Waals surface area contributed by atoms with Gasteiger partial charge in [0.05, 0.1) is 10.6 Å². The monoisotopic (exact) mass is 541 g/mol. The second-order valence-electron chi connectivity index (χ2n) is 8.63. The van der Waals surface area contributed by atoms with Crippen molar-refractivity contribution in [3.63, 3.8) is 0 Å². The van der Waals surface area contributed by atoms with Crippen LogP contribution in [0.15, 0.2) is 83.8 Å². The van der Waals surface area contributed by atoms with Crippen LogP contribution in [0.4, 0.5) is 5.69 Å². The zero-order valence-corrected chi connectivity index (χ0v) is 22.8. The second-order valence-corrected chi connectivity index (χ2v) is 10.9. The van der Waals surface area contributed by atoms with Gasteiger partial charge in [-0.05, 0) is 62.2 Å². The molecule has 0 aliphatic carbocycles. The molecule has 2 amide bonds. The maximum atomic E-state index is 13.9. The van der Waals surface area contributed by atoms with E-state index in [1.807, 2.05) is 45.0 Å². The smallest absolute Gasteiger partial charge is 0.264 e. The highest BCUT2D eigenvalue weighted by molar-refractivity contribution is 7.92. The number of benzene rings is 3. The molecule has 0 saturated carbocycles. The van der Waals surface area contributed by atoms with Gasteiger partial charge in [0.2, 0.25) is 11.8 Å². The molecule has 0 aliphatic rings. The molecule has 9 heteroatoms. The number of carbonyl (C=O) groups excluding carboxylic acids is 2.